The lowest BCUT2D eigenvalue weighted by Crippen LogP contribution is -2.48. The molecule has 0 aromatic rings. The fraction of sp³-hybridized carbons (Fsp3) is 0.889. The Bertz CT molecular complexity index is 185. The molecule has 1 amide bonds. The second-order valence-corrected chi connectivity index (χ2v) is 4.09. The first-order valence-corrected chi connectivity index (χ1v) is 4.56. The number of hydrogen-bond donors (Lipinski definition) is 2. The number of rotatable bonds is 3. The molecular weight excluding hydrogens is 170 g/mol. The largest absolute Gasteiger partial charge is 0.394 e. The summed E-state index contributed by atoms with van der Waals surface area (Å²) in [5, 5.41) is 11.7. The topological polar surface area (TPSA) is 58.6 Å². The highest BCUT2D eigenvalue weighted by Crippen LogP contribution is 2.13. The quantitative estimate of drug-likeness (QED) is 0.649. The highest BCUT2D eigenvalue weighted by Gasteiger charge is 2.27. The summed E-state index contributed by atoms with van der Waals surface area (Å²) < 4.78 is 5.10. The smallest absolute Gasteiger partial charge is 0.226 e. The van der Waals surface area contributed by atoms with Crippen LogP contribution in [0.15, 0.2) is 0 Å². The van der Waals surface area contributed by atoms with Gasteiger partial charge in [-0.25, -0.2) is 0 Å². The first-order chi connectivity index (χ1) is 6.05. The molecule has 1 atom stereocenters. The predicted molar refractivity (Wildman–Crippen MR) is 48.2 cm³/mol. The minimum Gasteiger partial charge on any atom is -0.394 e. The maximum absolute atomic E-state index is 11.5. The Hall–Kier alpha value is -0.610. The van der Waals surface area contributed by atoms with Gasteiger partial charge in [0.25, 0.3) is 0 Å². The fourth-order valence-corrected chi connectivity index (χ4v) is 1.22. The zero-order chi connectivity index (χ0) is 9.90. The lowest BCUT2D eigenvalue weighted by Gasteiger charge is -2.24. The molecule has 0 aromatic carbocycles. The van der Waals surface area contributed by atoms with Crippen LogP contribution in [0.1, 0.15) is 20.3 Å². The lowest BCUT2D eigenvalue weighted by molar-refractivity contribution is -0.127. The van der Waals surface area contributed by atoms with Gasteiger partial charge in [0, 0.05) is 6.61 Å². The van der Waals surface area contributed by atoms with Crippen LogP contribution < -0.4 is 5.32 Å². The molecule has 1 rings (SSSR count). The van der Waals surface area contributed by atoms with Gasteiger partial charge in [-0.1, -0.05) is 0 Å². The van der Waals surface area contributed by atoms with Crippen LogP contribution in [0.4, 0.5) is 0 Å². The number of carbonyl (C=O) groups is 1. The Balaban J connectivity index is 2.40. The molecular formula is C9H17NO3. The van der Waals surface area contributed by atoms with E-state index in [2.05, 4.69) is 5.32 Å². The van der Waals surface area contributed by atoms with Gasteiger partial charge in [0.2, 0.25) is 5.91 Å². The third kappa shape index (κ3) is 2.97. The van der Waals surface area contributed by atoms with Gasteiger partial charge in [0.1, 0.15) is 0 Å². The number of carbonyl (C=O) groups excluding carboxylic acids is 1. The normalized spacial score (nSPS) is 23.2. The highest BCUT2D eigenvalue weighted by molar-refractivity contribution is 5.79. The van der Waals surface area contributed by atoms with E-state index in [1.54, 1.807) is 13.8 Å². The molecule has 76 valence electrons. The van der Waals surface area contributed by atoms with Crippen LogP contribution in [0.3, 0.4) is 0 Å². The van der Waals surface area contributed by atoms with Gasteiger partial charge in [-0.15, -0.1) is 0 Å². The van der Waals surface area contributed by atoms with E-state index in [0.717, 1.165) is 6.42 Å². The molecule has 0 saturated carbocycles. The maximum atomic E-state index is 11.5. The molecule has 0 aromatic heterocycles. The third-order valence-electron chi connectivity index (χ3n) is 2.16. The van der Waals surface area contributed by atoms with Gasteiger partial charge >= 0.3 is 0 Å². The number of ether oxygens (including phenoxy) is 1. The predicted octanol–water partition coefficient (Wildman–Crippen LogP) is -0.0900. The van der Waals surface area contributed by atoms with Gasteiger partial charge < -0.3 is 15.2 Å². The molecule has 2 N–H and O–H groups in total. The van der Waals surface area contributed by atoms with Crippen molar-refractivity contribution in [1.29, 1.82) is 0 Å². The molecule has 1 aliphatic rings. The standard InChI is InChI=1S/C9H17NO3/c1-9(2,6-11)10-8(12)7-3-4-13-5-7/h7,11H,3-6H2,1-2H3,(H,10,12). The summed E-state index contributed by atoms with van der Waals surface area (Å²) >= 11 is 0. The average molecular weight is 187 g/mol. The number of aliphatic hydroxyl groups excluding tert-OH is 1. The fourth-order valence-electron chi connectivity index (χ4n) is 1.22. The van der Waals surface area contributed by atoms with E-state index >= 15 is 0 Å². The molecule has 4 nitrogen and oxygen atoms in total. The number of aliphatic hydroxyl groups is 1. The molecule has 1 aliphatic heterocycles. The summed E-state index contributed by atoms with van der Waals surface area (Å²) in [6, 6.07) is 0. The molecule has 1 saturated heterocycles. The van der Waals surface area contributed by atoms with Gasteiger partial charge in [0.05, 0.1) is 24.7 Å². The monoisotopic (exact) mass is 187 g/mol. The average Bonchev–Trinajstić information content (AvgIpc) is 2.55. The molecule has 13 heavy (non-hydrogen) atoms. The summed E-state index contributed by atoms with van der Waals surface area (Å²) in [6.07, 6.45) is 0.785. The van der Waals surface area contributed by atoms with Crippen molar-refractivity contribution in [3.63, 3.8) is 0 Å². The van der Waals surface area contributed by atoms with Gasteiger partial charge in [0.15, 0.2) is 0 Å². The van der Waals surface area contributed by atoms with Crippen molar-refractivity contribution < 1.29 is 14.6 Å². The van der Waals surface area contributed by atoms with E-state index in [-0.39, 0.29) is 18.4 Å². The first kappa shape index (κ1) is 10.5. The highest BCUT2D eigenvalue weighted by atomic mass is 16.5. The molecule has 1 fully saturated rings. The third-order valence-corrected chi connectivity index (χ3v) is 2.16. The second kappa shape index (κ2) is 4.07. The SMILES string of the molecule is CC(C)(CO)NC(=O)C1CCOC1. The minimum absolute atomic E-state index is 0.0171. The van der Waals surface area contributed by atoms with Crippen molar-refractivity contribution >= 4 is 5.91 Å². The Kier molecular flexibility index (Phi) is 3.27. The van der Waals surface area contributed by atoms with Gasteiger partial charge in [-0.2, -0.15) is 0 Å². The summed E-state index contributed by atoms with van der Waals surface area (Å²) in [5.74, 6) is -0.0534. The molecule has 0 radical (unpaired) electrons. The van der Waals surface area contributed by atoms with Crippen molar-refractivity contribution in [2.24, 2.45) is 5.92 Å². The molecule has 0 spiro atoms. The van der Waals surface area contributed by atoms with Crippen molar-refractivity contribution in [3.8, 4) is 0 Å². The molecule has 1 unspecified atom stereocenters. The zero-order valence-corrected chi connectivity index (χ0v) is 8.17. The van der Waals surface area contributed by atoms with Crippen molar-refractivity contribution in [1.82, 2.24) is 5.32 Å². The molecule has 0 aliphatic carbocycles. The van der Waals surface area contributed by atoms with Crippen molar-refractivity contribution in [3.05, 3.63) is 0 Å². The summed E-state index contributed by atoms with van der Waals surface area (Å²) in [7, 11) is 0. The van der Waals surface area contributed by atoms with Crippen LogP contribution in [0.25, 0.3) is 0 Å². The molecule has 0 bridgehead atoms. The molecule has 4 heteroatoms. The zero-order valence-electron chi connectivity index (χ0n) is 8.17. The second-order valence-electron chi connectivity index (χ2n) is 4.09. The van der Waals surface area contributed by atoms with Gasteiger partial charge in [-0.05, 0) is 20.3 Å². The summed E-state index contributed by atoms with van der Waals surface area (Å²) in [5.41, 5.74) is -0.528. The number of nitrogens with one attached hydrogen (secondary N) is 1. The van der Waals surface area contributed by atoms with Crippen LogP contribution in [-0.4, -0.2) is 36.4 Å². The number of amides is 1. The summed E-state index contributed by atoms with van der Waals surface area (Å²) in [4.78, 5) is 11.5. The van der Waals surface area contributed by atoms with Crippen LogP contribution >= 0.6 is 0 Å². The van der Waals surface area contributed by atoms with E-state index in [0.29, 0.717) is 13.2 Å². The van der Waals surface area contributed by atoms with Crippen LogP contribution in [0.2, 0.25) is 0 Å². The van der Waals surface area contributed by atoms with E-state index in [1.807, 2.05) is 0 Å². The minimum atomic E-state index is -0.528. The first-order valence-electron chi connectivity index (χ1n) is 4.56. The van der Waals surface area contributed by atoms with E-state index in [4.69, 9.17) is 9.84 Å². The Labute approximate surface area is 78.3 Å². The van der Waals surface area contributed by atoms with Crippen LogP contribution in [0.5, 0.6) is 0 Å². The van der Waals surface area contributed by atoms with Crippen molar-refractivity contribution in [2.45, 2.75) is 25.8 Å². The Morgan fingerprint density at radius 2 is 2.38 bits per heavy atom. The maximum Gasteiger partial charge on any atom is 0.226 e. The number of hydrogen-bond acceptors (Lipinski definition) is 3. The Morgan fingerprint density at radius 1 is 1.69 bits per heavy atom. The lowest BCUT2D eigenvalue weighted by atomic mass is 10.0. The van der Waals surface area contributed by atoms with E-state index < -0.39 is 5.54 Å². The van der Waals surface area contributed by atoms with Gasteiger partial charge in [-0.3, -0.25) is 4.79 Å². The van der Waals surface area contributed by atoms with E-state index in [9.17, 15) is 4.79 Å². The molecule has 1 heterocycles. The van der Waals surface area contributed by atoms with E-state index in [1.165, 1.54) is 0 Å². The summed E-state index contributed by atoms with van der Waals surface area (Å²) in [6.45, 7) is 4.71. The Morgan fingerprint density at radius 3 is 2.85 bits per heavy atom. The van der Waals surface area contributed by atoms with Crippen LogP contribution in [-0.2, 0) is 9.53 Å². The van der Waals surface area contributed by atoms with Crippen LogP contribution in [0, 0.1) is 5.92 Å². The van der Waals surface area contributed by atoms with Crippen molar-refractivity contribution in [2.75, 3.05) is 19.8 Å².